The third-order valence-electron chi connectivity index (χ3n) is 3.70. The van der Waals surface area contributed by atoms with Crippen molar-refractivity contribution in [1.29, 1.82) is 0 Å². The van der Waals surface area contributed by atoms with E-state index in [1.807, 2.05) is 6.92 Å². The van der Waals surface area contributed by atoms with Crippen LogP contribution in [0.4, 0.5) is 5.69 Å². The highest BCUT2D eigenvalue weighted by Crippen LogP contribution is 2.15. The van der Waals surface area contributed by atoms with Crippen molar-refractivity contribution in [3.8, 4) is 5.75 Å². The number of nitrogens with one attached hydrogen (secondary N) is 2. The second-order valence-corrected chi connectivity index (χ2v) is 7.54. The molecule has 2 rings (SSSR count). The molecule has 7 heteroatoms. The van der Waals surface area contributed by atoms with Gasteiger partial charge in [0.25, 0.3) is 10.0 Å². The highest BCUT2D eigenvalue weighted by molar-refractivity contribution is 7.90. The summed E-state index contributed by atoms with van der Waals surface area (Å²) in [5.41, 5.74) is 1.71. The van der Waals surface area contributed by atoms with E-state index in [1.165, 1.54) is 0 Å². The lowest BCUT2D eigenvalue weighted by molar-refractivity contribution is 0.415. The van der Waals surface area contributed by atoms with Gasteiger partial charge in [0.15, 0.2) is 0 Å². The molecule has 0 heterocycles. The molecule has 0 saturated heterocycles. The molecular formula is C19H25N3O3S. The molecule has 0 unspecified atom stereocenters. The molecule has 2 N–H and O–H groups in total. The van der Waals surface area contributed by atoms with Gasteiger partial charge in [0, 0.05) is 12.2 Å². The Bertz CT molecular complexity index is 829. The van der Waals surface area contributed by atoms with Crippen molar-refractivity contribution >= 4 is 21.7 Å². The molecule has 2 aromatic carbocycles. The third kappa shape index (κ3) is 5.77. The second-order valence-electron chi connectivity index (χ2n) is 5.86. The lowest BCUT2D eigenvalue weighted by atomic mass is 10.2. The largest absolute Gasteiger partial charge is 0.497 e. The number of hydrogen-bond acceptors (Lipinski definition) is 4. The molecule has 26 heavy (non-hydrogen) atoms. The first kappa shape index (κ1) is 19.8. The van der Waals surface area contributed by atoms with Gasteiger partial charge in [-0.15, -0.1) is 0 Å². The Hall–Kier alpha value is -2.54. The van der Waals surface area contributed by atoms with Gasteiger partial charge in [-0.05, 0) is 49.7 Å². The minimum atomic E-state index is -3.71. The van der Waals surface area contributed by atoms with Gasteiger partial charge >= 0.3 is 0 Å². The maximum Gasteiger partial charge on any atom is 0.264 e. The number of rotatable bonds is 7. The van der Waals surface area contributed by atoms with Crippen molar-refractivity contribution in [3.63, 3.8) is 0 Å². The van der Waals surface area contributed by atoms with E-state index in [4.69, 9.17) is 4.74 Å². The zero-order valence-corrected chi connectivity index (χ0v) is 16.1. The van der Waals surface area contributed by atoms with Crippen LogP contribution in [0.15, 0.2) is 58.4 Å². The molecule has 0 aliphatic heterocycles. The van der Waals surface area contributed by atoms with Crippen LogP contribution >= 0.6 is 0 Å². The summed E-state index contributed by atoms with van der Waals surface area (Å²) in [6, 6.07) is 13.9. The van der Waals surface area contributed by atoms with Gasteiger partial charge in [0.1, 0.15) is 5.75 Å². The lowest BCUT2D eigenvalue weighted by Gasteiger charge is -2.13. The van der Waals surface area contributed by atoms with Crippen LogP contribution in [0.1, 0.15) is 25.3 Å². The number of guanidine groups is 1. The summed E-state index contributed by atoms with van der Waals surface area (Å²) in [6.07, 6.45) is 1.85. The summed E-state index contributed by atoms with van der Waals surface area (Å²) in [5, 5.41) is 3.03. The number of aliphatic imine (C=N–C) groups is 1. The van der Waals surface area contributed by atoms with Gasteiger partial charge in [-0.2, -0.15) is 0 Å². The Kier molecular flexibility index (Phi) is 7.03. The van der Waals surface area contributed by atoms with Crippen LogP contribution in [0.3, 0.4) is 0 Å². The fourth-order valence-corrected chi connectivity index (χ4v) is 3.14. The highest BCUT2D eigenvalue weighted by Gasteiger charge is 2.16. The standard InChI is InChI=1S/C19H25N3O3S/c1-4-5-14-20-19(21-16-8-10-17(25-3)11-9-16)22-26(23,24)18-12-6-15(2)7-13-18/h6-13H,4-5,14H2,1-3H3,(H2,20,21,22). The van der Waals surface area contributed by atoms with Gasteiger partial charge in [0.2, 0.25) is 5.96 Å². The fourth-order valence-electron chi connectivity index (χ4n) is 2.16. The molecule has 0 radical (unpaired) electrons. The average molecular weight is 375 g/mol. The maximum atomic E-state index is 12.6. The number of benzene rings is 2. The normalized spacial score (nSPS) is 11.9. The highest BCUT2D eigenvalue weighted by atomic mass is 32.2. The number of aryl methyl sites for hydroxylation is 1. The molecule has 140 valence electrons. The summed E-state index contributed by atoms with van der Waals surface area (Å²) < 4.78 is 32.9. The van der Waals surface area contributed by atoms with Crippen molar-refractivity contribution in [3.05, 3.63) is 54.1 Å². The first-order valence-corrected chi connectivity index (χ1v) is 9.98. The van der Waals surface area contributed by atoms with E-state index in [0.29, 0.717) is 12.2 Å². The summed E-state index contributed by atoms with van der Waals surface area (Å²) in [7, 11) is -2.12. The van der Waals surface area contributed by atoms with Crippen molar-refractivity contribution in [2.75, 3.05) is 19.0 Å². The van der Waals surface area contributed by atoms with Crippen molar-refractivity contribution in [2.24, 2.45) is 4.99 Å². The van der Waals surface area contributed by atoms with E-state index in [1.54, 1.807) is 55.6 Å². The second kappa shape index (κ2) is 9.24. The summed E-state index contributed by atoms with van der Waals surface area (Å²) in [4.78, 5) is 4.56. The van der Waals surface area contributed by atoms with Crippen LogP contribution in [-0.4, -0.2) is 28.0 Å². The molecule has 0 amide bonds. The van der Waals surface area contributed by atoms with Crippen LogP contribution < -0.4 is 14.8 Å². The lowest BCUT2D eigenvalue weighted by Crippen LogP contribution is -2.36. The first-order chi connectivity index (χ1) is 12.4. The van der Waals surface area contributed by atoms with Crippen LogP contribution in [0.25, 0.3) is 0 Å². The molecule has 6 nitrogen and oxygen atoms in total. The number of methoxy groups -OCH3 is 1. The van der Waals surface area contributed by atoms with E-state index >= 15 is 0 Å². The molecule has 0 saturated carbocycles. The van der Waals surface area contributed by atoms with E-state index in [2.05, 4.69) is 22.0 Å². The zero-order valence-electron chi connectivity index (χ0n) is 15.3. The predicted molar refractivity (Wildman–Crippen MR) is 105 cm³/mol. The van der Waals surface area contributed by atoms with Gasteiger partial charge in [-0.1, -0.05) is 31.0 Å². The number of sulfonamides is 1. The monoisotopic (exact) mass is 375 g/mol. The first-order valence-electron chi connectivity index (χ1n) is 8.49. The number of ether oxygens (including phenoxy) is 1. The predicted octanol–water partition coefficient (Wildman–Crippen LogP) is 3.55. The molecule has 0 aliphatic rings. The van der Waals surface area contributed by atoms with Crippen LogP contribution in [0, 0.1) is 6.92 Å². The fraction of sp³-hybridized carbons (Fsp3) is 0.316. The van der Waals surface area contributed by atoms with Crippen LogP contribution in [0.5, 0.6) is 5.75 Å². The van der Waals surface area contributed by atoms with Crippen molar-refractivity contribution in [1.82, 2.24) is 4.72 Å². The Labute approximate surface area is 155 Å². The van der Waals surface area contributed by atoms with Gasteiger partial charge in [-0.3, -0.25) is 4.99 Å². The quantitative estimate of drug-likeness (QED) is 0.441. The van der Waals surface area contributed by atoms with Crippen LogP contribution in [-0.2, 0) is 10.0 Å². The molecule has 0 bridgehead atoms. The Balaban J connectivity index is 2.20. The van der Waals surface area contributed by atoms with Crippen molar-refractivity contribution in [2.45, 2.75) is 31.6 Å². The smallest absolute Gasteiger partial charge is 0.264 e. The van der Waals surface area contributed by atoms with Crippen LogP contribution in [0.2, 0.25) is 0 Å². The van der Waals surface area contributed by atoms with E-state index in [0.717, 1.165) is 24.2 Å². The molecule has 2 aromatic rings. The van der Waals surface area contributed by atoms with Gasteiger partial charge in [0.05, 0.1) is 12.0 Å². The molecular weight excluding hydrogens is 350 g/mol. The number of anilines is 1. The number of hydrogen-bond donors (Lipinski definition) is 2. The average Bonchev–Trinajstić information content (AvgIpc) is 2.62. The SMILES string of the molecule is CCCCN=C(Nc1ccc(OC)cc1)NS(=O)(=O)c1ccc(C)cc1. The summed E-state index contributed by atoms with van der Waals surface area (Å²) in [5.74, 6) is 0.921. The number of unbranched alkanes of at least 4 members (excludes halogenated alkanes) is 1. The topological polar surface area (TPSA) is 79.8 Å². The Morgan fingerprint density at radius 2 is 1.73 bits per heavy atom. The minimum absolute atomic E-state index is 0.197. The van der Waals surface area contributed by atoms with E-state index in [-0.39, 0.29) is 10.9 Å². The maximum absolute atomic E-state index is 12.6. The molecule has 0 aliphatic carbocycles. The van der Waals surface area contributed by atoms with Gasteiger partial charge < -0.3 is 10.1 Å². The van der Waals surface area contributed by atoms with Crippen molar-refractivity contribution < 1.29 is 13.2 Å². The Morgan fingerprint density at radius 3 is 2.31 bits per heavy atom. The zero-order chi connectivity index (χ0) is 19.0. The Morgan fingerprint density at radius 1 is 1.08 bits per heavy atom. The summed E-state index contributed by atoms with van der Waals surface area (Å²) >= 11 is 0. The summed E-state index contributed by atoms with van der Waals surface area (Å²) in [6.45, 7) is 4.50. The minimum Gasteiger partial charge on any atom is -0.497 e. The molecule has 0 fully saturated rings. The molecule has 0 spiro atoms. The third-order valence-corrected chi connectivity index (χ3v) is 5.05. The number of nitrogens with zero attached hydrogens (tertiary/aromatic N) is 1. The molecule has 0 aromatic heterocycles. The van der Waals surface area contributed by atoms with E-state index in [9.17, 15) is 8.42 Å². The van der Waals surface area contributed by atoms with Gasteiger partial charge in [-0.25, -0.2) is 13.1 Å². The molecule has 0 atom stereocenters. The van der Waals surface area contributed by atoms with E-state index < -0.39 is 10.0 Å².